The number of aliphatic imine (C=N–C) groups is 2. The van der Waals surface area contributed by atoms with Crippen molar-refractivity contribution in [3.8, 4) is 16.8 Å². The minimum atomic E-state index is -1.02. The SMILES string of the molecule is O=C(O)C1=NCc2ccc(C3=CN=C([C@@H]4CCc5cc(-c6cc(Cl)ccc6-n6cnnn6)cc(=O)n54)C3)cc21. The number of halogens is 1. The van der Waals surface area contributed by atoms with Crippen molar-refractivity contribution in [3.63, 3.8) is 0 Å². The Balaban J connectivity index is 1.17. The van der Waals surface area contributed by atoms with E-state index in [1.807, 2.05) is 47.2 Å². The fraction of sp³-hybridized carbons (Fsp3) is 0.179. The summed E-state index contributed by atoms with van der Waals surface area (Å²) in [6.07, 6.45) is 5.43. The summed E-state index contributed by atoms with van der Waals surface area (Å²) >= 11 is 6.31. The fourth-order valence-corrected chi connectivity index (χ4v) is 5.84. The van der Waals surface area contributed by atoms with E-state index in [2.05, 4.69) is 20.5 Å². The van der Waals surface area contributed by atoms with E-state index in [4.69, 9.17) is 16.6 Å². The highest BCUT2D eigenvalue weighted by molar-refractivity contribution is 6.43. The quantitative estimate of drug-likeness (QED) is 0.411. The molecule has 1 atom stereocenters. The molecule has 3 aliphatic rings. The first-order valence-corrected chi connectivity index (χ1v) is 12.8. The molecule has 2 aromatic heterocycles. The second-order valence-electron chi connectivity index (χ2n) is 9.71. The third-order valence-electron chi connectivity index (χ3n) is 7.49. The number of carboxylic acids is 1. The molecule has 11 heteroatoms. The first-order valence-electron chi connectivity index (χ1n) is 12.4. The van der Waals surface area contributed by atoms with Gasteiger partial charge in [0.2, 0.25) is 0 Å². The van der Waals surface area contributed by atoms with Gasteiger partial charge in [-0.3, -0.25) is 14.8 Å². The minimum absolute atomic E-state index is 0.0987. The average molecular weight is 538 g/mol. The Hall–Kier alpha value is -4.70. The van der Waals surface area contributed by atoms with Crippen LogP contribution in [0.1, 0.15) is 41.3 Å². The Bertz CT molecular complexity index is 1840. The maximum Gasteiger partial charge on any atom is 0.354 e. The van der Waals surface area contributed by atoms with Gasteiger partial charge in [-0.05, 0) is 75.9 Å². The van der Waals surface area contributed by atoms with Crippen LogP contribution >= 0.6 is 11.6 Å². The van der Waals surface area contributed by atoms with Crippen molar-refractivity contribution >= 4 is 34.6 Å². The van der Waals surface area contributed by atoms with Gasteiger partial charge in [0.05, 0.1) is 18.3 Å². The van der Waals surface area contributed by atoms with Crippen molar-refractivity contribution in [2.24, 2.45) is 9.98 Å². The monoisotopic (exact) mass is 537 g/mol. The van der Waals surface area contributed by atoms with Gasteiger partial charge in [0.15, 0.2) is 5.71 Å². The van der Waals surface area contributed by atoms with E-state index < -0.39 is 5.97 Å². The molecule has 0 spiro atoms. The second kappa shape index (κ2) is 8.95. The van der Waals surface area contributed by atoms with Gasteiger partial charge in [0.25, 0.3) is 5.56 Å². The van der Waals surface area contributed by atoms with E-state index in [-0.39, 0.29) is 17.3 Å². The molecule has 0 unspecified atom stereocenters. The number of nitrogens with zero attached hydrogens (tertiary/aromatic N) is 7. The van der Waals surface area contributed by atoms with E-state index in [1.54, 1.807) is 16.8 Å². The zero-order chi connectivity index (χ0) is 26.7. The average Bonchev–Trinajstić information content (AvgIpc) is 3.73. The van der Waals surface area contributed by atoms with Crippen molar-refractivity contribution in [1.29, 1.82) is 0 Å². The van der Waals surface area contributed by atoms with Crippen molar-refractivity contribution in [2.75, 3.05) is 0 Å². The molecule has 0 saturated heterocycles. The number of pyridine rings is 1. The normalized spacial score (nSPS) is 17.5. The van der Waals surface area contributed by atoms with E-state index in [0.29, 0.717) is 23.6 Å². The molecule has 0 bridgehead atoms. The topological polar surface area (TPSA) is 128 Å². The lowest BCUT2D eigenvalue weighted by atomic mass is 9.95. The molecule has 10 nitrogen and oxygen atoms in total. The van der Waals surface area contributed by atoms with Crippen molar-refractivity contribution in [3.05, 3.63) is 98.8 Å². The van der Waals surface area contributed by atoms with Crippen molar-refractivity contribution in [1.82, 2.24) is 24.8 Å². The van der Waals surface area contributed by atoms with Gasteiger partial charge in [0.1, 0.15) is 6.33 Å². The molecule has 0 aliphatic carbocycles. The minimum Gasteiger partial charge on any atom is -0.477 e. The van der Waals surface area contributed by atoms with Crippen molar-refractivity contribution in [2.45, 2.75) is 31.8 Å². The van der Waals surface area contributed by atoms with E-state index in [0.717, 1.165) is 57.8 Å². The smallest absolute Gasteiger partial charge is 0.354 e. The molecule has 192 valence electrons. The van der Waals surface area contributed by atoms with Gasteiger partial charge < -0.3 is 9.67 Å². The Kier molecular flexibility index (Phi) is 5.38. The van der Waals surface area contributed by atoms with Crippen LogP contribution in [0.25, 0.3) is 22.4 Å². The van der Waals surface area contributed by atoms with Crippen LogP contribution in [0.5, 0.6) is 0 Å². The number of carbonyl (C=O) groups is 1. The van der Waals surface area contributed by atoms with E-state index in [1.165, 1.54) is 6.33 Å². The molecule has 39 heavy (non-hydrogen) atoms. The summed E-state index contributed by atoms with van der Waals surface area (Å²) in [6.45, 7) is 0.383. The highest BCUT2D eigenvalue weighted by atomic mass is 35.5. The van der Waals surface area contributed by atoms with Gasteiger partial charge in [-0.15, -0.1) is 5.10 Å². The number of aryl methyl sites for hydroxylation is 1. The zero-order valence-corrected chi connectivity index (χ0v) is 21.2. The van der Waals surface area contributed by atoms with Gasteiger partial charge in [-0.25, -0.2) is 4.79 Å². The number of aliphatic carboxylic acids is 1. The largest absolute Gasteiger partial charge is 0.477 e. The molecule has 3 aliphatic heterocycles. The van der Waals surface area contributed by atoms with Crippen LogP contribution in [0.4, 0.5) is 0 Å². The highest BCUT2D eigenvalue weighted by Gasteiger charge is 2.31. The van der Waals surface area contributed by atoms with Crippen LogP contribution < -0.4 is 5.56 Å². The molecule has 2 aromatic carbocycles. The lowest BCUT2D eigenvalue weighted by Gasteiger charge is -2.17. The fourth-order valence-electron chi connectivity index (χ4n) is 5.67. The van der Waals surface area contributed by atoms with Crippen LogP contribution in [-0.2, 0) is 17.8 Å². The third kappa shape index (κ3) is 3.91. The summed E-state index contributed by atoms with van der Waals surface area (Å²) in [4.78, 5) is 33.9. The molecule has 0 radical (unpaired) electrons. The van der Waals surface area contributed by atoms with Crippen molar-refractivity contribution < 1.29 is 9.90 Å². The standard InChI is InChI=1S/C28H20ClN7O3/c29-19-3-5-24(35-14-32-33-34-35)21(11-19)17-7-20-4-6-25(36(20)26(37)10-17)23-9-18(13-30-23)15-1-2-16-12-31-27(28(38)39)22(16)8-15/h1-3,5,7-8,10-11,13-14,25H,4,6,9,12H2,(H,38,39)/t25-/m0/s1. The Labute approximate surface area is 226 Å². The van der Waals surface area contributed by atoms with Gasteiger partial charge in [-0.2, -0.15) is 4.68 Å². The molecule has 0 fully saturated rings. The molecule has 1 N–H and O–H groups in total. The first-order chi connectivity index (χ1) is 19.0. The predicted molar refractivity (Wildman–Crippen MR) is 146 cm³/mol. The predicted octanol–water partition coefficient (Wildman–Crippen LogP) is 3.90. The summed E-state index contributed by atoms with van der Waals surface area (Å²) < 4.78 is 3.38. The van der Waals surface area contributed by atoms with Crippen LogP contribution in [-0.4, -0.2) is 47.3 Å². The summed E-state index contributed by atoms with van der Waals surface area (Å²) in [5, 5.41) is 21.5. The second-order valence-corrected chi connectivity index (χ2v) is 10.1. The number of fused-ring (bicyclic) bond motifs is 2. The number of tetrazole rings is 1. The van der Waals surface area contributed by atoms with Crippen LogP contribution in [0.2, 0.25) is 5.02 Å². The van der Waals surface area contributed by atoms with Crippen LogP contribution in [0.15, 0.2) is 75.8 Å². The first kappa shape index (κ1) is 23.4. The Morgan fingerprint density at radius 2 is 1.95 bits per heavy atom. The zero-order valence-electron chi connectivity index (χ0n) is 20.5. The maximum atomic E-state index is 13.5. The summed E-state index contributed by atoms with van der Waals surface area (Å²) in [5.74, 6) is -1.02. The molecule has 4 aromatic rings. The molecule has 5 heterocycles. The molecular weight excluding hydrogens is 518 g/mol. The lowest BCUT2D eigenvalue weighted by Crippen LogP contribution is -2.27. The molecular formula is C28H20ClN7O3. The van der Waals surface area contributed by atoms with Crippen LogP contribution in [0, 0.1) is 0 Å². The van der Waals surface area contributed by atoms with E-state index >= 15 is 0 Å². The Morgan fingerprint density at radius 1 is 1.05 bits per heavy atom. The lowest BCUT2D eigenvalue weighted by molar-refractivity contribution is -0.129. The van der Waals surface area contributed by atoms with Gasteiger partial charge >= 0.3 is 5.97 Å². The number of aromatic nitrogens is 5. The highest BCUT2D eigenvalue weighted by Crippen LogP contribution is 2.36. The number of carboxylic acid groups (broad SMARTS) is 1. The van der Waals surface area contributed by atoms with Gasteiger partial charge in [0, 0.05) is 46.2 Å². The molecule has 0 saturated carbocycles. The van der Waals surface area contributed by atoms with E-state index in [9.17, 15) is 14.7 Å². The molecule has 0 amide bonds. The number of allylic oxidation sites excluding steroid dienone is 1. The summed E-state index contributed by atoms with van der Waals surface area (Å²) in [7, 11) is 0. The number of hydrogen-bond donors (Lipinski definition) is 1. The van der Waals surface area contributed by atoms with Crippen LogP contribution in [0.3, 0.4) is 0 Å². The number of hydrogen-bond acceptors (Lipinski definition) is 7. The Morgan fingerprint density at radius 3 is 2.77 bits per heavy atom. The summed E-state index contributed by atoms with van der Waals surface area (Å²) in [5.41, 5.74) is 7.56. The maximum absolute atomic E-state index is 13.5. The van der Waals surface area contributed by atoms with Gasteiger partial charge in [-0.1, -0.05) is 23.7 Å². The number of rotatable bonds is 5. The number of benzene rings is 2. The summed E-state index contributed by atoms with van der Waals surface area (Å²) in [6, 6.07) is 14.7. The molecule has 7 rings (SSSR count). The third-order valence-corrected chi connectivity index (χ3v) is 7.72.